The van der Waals surface area contributed by atoms with Gasteiger partial charge in [-0.15, -0.1) is 0 Å². The lowest BCUT2D eigenvalue weighted by molar-refractivity contribution is -0.646. The molecule has 3 rings (SSSR count). The summed E-state index contributed by atoms with van der Waals surface area (Å²) in [6.45, 7) is 0. The molecule has 2 aromatic carbocycles. The van der Waals surface area contributed by atoms with Crippen LogP contribution in [-0.2, 0) is 9.84 Å². The van der Waals surface area contributed by atoms with Crippen molar-refractivity contribution in [1.82, 2.24) is 0 Å². The predicted octanol–water partition coefficient (Wildman–Crippen LogP) is 3.10. The minimum absolute atomic E-state index is 0.162. The van der Waals surface area contributed by atoms with Gasteiger partial charge in [0.1, 0.15) is 11.4 Å². The third-order valence-electron chi connectivity index (χ3n) is 3.86. The Balaban J connectivity index is 1.99. The zero-order valence-corrected chi connectivity index (χ0v) is 15.3. The highest BCUT2D eigenvalue weighted by Crippen LogP contribution is 2.28. The summed E-state index contributed by atoms with van der Waals surface area (Å²) in [4.78, 5) is 10.2. The molecule has 156 valence electrons. The van der Waals surface area contributed by atoms with Gasteiger partial charge in [0, 0.05) is 17.8 Å². The van der Waals surface area contributed by atoms with Crippen LogP contribution < -0.4 is 10.0 Å². The van der Waals surface area contributed by atoms with Crippen molar-refractivity contribution in [2.45, 2.75) is 9.92 Å². The van der Waals surface area contributed by atoms with Crippen LogP contribution in [0.4, 0.5) is 27.6 Å². The Morgan fingerprint density at radius 1 is 0.900 bits per heavy atom. The smallest absolute Gasteiger partial charge is 0.313 e. The minimum Gasteiger partial charge on any atom is -0.618 e. The van der Waals surface area contributed by atoms with Crippen molar-refractivity contribution >= 4 is 21.4 Å². The number of benzene rings is 2. The van der Waals surface area contributed by atoms with Gasteiger partial charge in [-0.25, -0.2) is 30.4 Å². The molecule has 1 N–H and O–H groups in total. The van der Waals surface area contributed by atoms with E-state index in [1.807, 2.05) is 0 Å². The van der Waals surface area contributed by atoms with Gasteiger partial charge in [0.15, 0.2) is 34.4 Å². The predicted molar refractivity (Wildman–Crippen MR) is 91.5 cm³/mol. The Kier molecular flexibility index (Phi) is 5.44. The lowest BCUT2D eigenvalue weighted by Crippen LogP contribution is -2.36. The van der Waals surface area contributed by atoms with Crippen molar-refractivity contribution in [2.24, 2.45) is 0 Å². The Morgan fingerprint density at radius 2 is 1.47 bits per heavy atom. The monoisotopic (exact) mass is 444 g/mol. The first-order valence-electron chi connectivity index (χ1n) is 7.90. The number of hydrogen-bond acceptors (Lipinski definition) is 4. The van der Waals surface area contributed by atoms with E-state index in [1.54, 1.807) is 0 Å². The maximum absolute atomic E-state index is 13.9. The summed E-state index contributed by atoms with van der Waals surface area (Å²) < 4.78 is 91.8. The number of amides is 1. The van der Waals surface area contributed by atoms with Crippen LogP contribution in [0.15, 0.2) is 58.6 Å². The SMILES string of the molecule is O=C(Nc1ccc(F)cc1)c1ccc(S(=O)(=O)c2c(F)c(F)cc(F)c2F)[n+]([O-])c1. The Morgan fingerprint density at radius 3 is 2.00 bits per heavy atom. The number of pyridine rings is 1. The number of sulfone groups is 1. The first-order valence-corrected chi connectivity index (χ1v) is 9.39. The molecule has 30 heavy (non-hydrogen) atoms. The van der Waals surface area contributed by atoms with Crippen molar-refractivity contribution in [3.8, 4) is 0 Å². The maximum atomic E-state index is 13.9. The van der Waals surface area contributed by atoms with Crippen LogP contribution >= 0.6 is 0 Å². The van der Waals surface area contributed by atoms with Crippen LogP contribution in [0.2, 0.25) is 0 Å². The van der Waals surface area contributed by atoms with E-state index in [2.05, 4.69) is 5.32 Å². The number of nitrogens with one attached hydrogen (secondary N) is 1. The maximum Gasteiger partial charge on any atom is 0.313 e. The first kappa shape index (κ1) is 21.2. The van der Waals surface area contributed by atoms with Crippen LogP contribution in [0.1, 0.15) is 10.4 Å². The number of nitrogens with zero attached hydrogens (tertiary/aromatic N) is 1. The highest BCUT2D eigenvalue weighted by molar-refractivity contribution is 7.91. The van der Waals surface area contributed by atoms with Crippen LogP contribution in [0, 0.1) is 34.3 Å². The Bertz CT molecular complexity index is 1240. The standard InChI is InChI=1S/C18H9F5N2O4S/c19-10-2-4-11(5-3-10)24-18(26)9-1-6-14(25(27)8-9)30(28,29)17-15(22)12(20)7-13(21)16(17)23/h1-8H,(H,24,26). The third kappa shape index (κ3) is 3.81. The quantitative estimate of drug-likeness (QED) is 0.290. The number of halogens is 5. The molecule has 0 aliphatic carbocycles. The molecule has 1 aromatic heterocycles. The molecular weight excluding hydrogens is 435 g/mol. The number of aromatic nitrogens is 1. The molecule has 0 saturated heterocycles. The average molecular weight is 444 g/mol. The van der Waals surface area contributed by atoms with Gasteiger partial charge in [0.25, 0.3) is 15.7 Å². The fraction of sp³-hybridized carbons (Fsp3) is 0. The van der Waals surface area contributed by atoms with Gasteiger partial charge in [-0.3, -0.25) is 4.79 Å². The molecule has 0 aliphatic rings. The summed E-state index contributed by atoms with van der Waals surface area (Å²) in [5, 5.41) is 13.2. The van der Waals surface area contributed by atoms with E-state index in [4.69, 9.17) is 0 Å². The van der Waals surface area contributed by atoms with E-state index in [9.17, 15) is 40.4 Å². The summed E-state index contributed by atoms with van der Waals surface area (Å²) in [5.74, 6) is -9.79. The van der Waals surface area contributed by atoms with Crippen molar-refractivity contribution in [2.75, 3.05) is 5.32 Å². The summed E-state index contributed by atoms with van der Waals surface area (Å²) in [6.07, 6.45) is 0.483. The normalized spacial score (nSPS) is 11.4. The highest BCUT2D eigenvalue weighted by Gasteiger charge is 2.36. The van der Waals surface area contributed by atoms with E-state index in [-0.39, 0.29) is 17.3 Å². The summed E-state index contributed by atoms with van der Waals surface area (Å²) in [6, 6.07) is 5.76. The minimum atomic E-state index is -5.34. The fourth-order valence-electron chi connectivity index (χ4n) is 2.44. The summed E-state index contributed by atoms with van der Waals surface area (Å²) >= 11 is 0. The van der Waals surface area contributed by atoms with Crippen molar-refractivity contribution < 1.29 is 39.9 Å². The molecule has 0 aliphatic heterocycles. The Labute approximate surface area is 165 Å². The van der Waals surface area contributed by atoms with Gasteiger partial charge in [-0.2, -0.15) is 4.73 Å². The molecule has 0 atom stereocenters. The van der Waals surface area contributed by atoms with E-state index >= 15 is 0 Å². The topological polar surface area (TPSA) is 90.2 Å². The molecule has 6 nitrogen and oxygen atoms in total. The Hall–Kier alpha value is -3.54. The van der Waals surface area contributed by atoms with Crippen molar-refractivity contribution in [1.29, 1.82) is 0 Å². The second kappa shape index (κ2) is 7.71. The van der Waals surface area contributed by atoms with Crippen LogP contribution in [0.3, 0.4) is 0 Å². The first-order chi connectivity index (χ1) is 14.0. The number of rotatable bonds is 4. The molecule has 0 unspecified atom stereocenters. The third-order valence-corrected chi connectivity index (χ3v) is 5.62. The van der Waals surface area contributed by atoms with Gasteiger partial charge < -0.3 is 10.5 Å². The molecule has 0 bridgehead atoms. The second-order valence-electron chi connectivity index (χ2n) is 5.84. The highest BCUT2D eigenvalue weighted by atomic mass is 32.2. The van der Waals surface area contributed by atoms with Crippen molar-refractivity contribution in [3.05, 3.63) is 88.5 Å². The zero-order chi connectivity index (χ0) is 22.2. The zero-order valence-electron chi connectivity index (χ0n) is 14.5. The lowest BCUT2D eigenvalue weighted by Gasteiger charge is -2.10. The van der Waals surface area contributed by atoms with E-state index in [1.165, 1.54) is 12.1 Å². The molecule has 3 aromatic rings. The van der Waals surface area contributed by atoms with Gasteiger partial charge in [0.05, 0.1) is 0 Å². The average Bonchev–Trinajstić information content (AvgIpc) is 2.68. The summed E-state index contributed by atoms with van der Waals surface area (Å²) in [7, 11) is -5.34. The number of carbonyl (C=O) groups excluding carboxylic acids is 1. The number of anilines is 1. The van der Waals surface area contributed by atoms with Gasteiger partial charge in [0.2, 0.25) is 0 Å². The molecule has 0 radical (unpaired) electrons. The molecular formula is C18H9F5N2O4S. The fourth-order valence-corrected chi connectivity index (χ4v) is 3.85. The van der Waals surface area contributed by atoms with Crippen LogP contribution in [-0.4, -0.2) is 14.3 Å². The van der Waals surface area contributed by atoms with Gasteiger partial charge in [-0.1, -0.05) is 0 Å². The van der Waals surface area contributed by atoms with Crippen molar-refractivity contribution in [3.63, 3.8) is 0 Å². The molecule has 1 heterocycles. The van der Waals surface area contributed by atoms with Crippen LogP contribution in [0.25, 0.3) is 0 Å². The molecule has 0 saturated carbocycles. The van der Waals surface area contributed by atoms with E-state index < -0.39 is 59.5 Å². The van der Waals surface area contributed by atoms with Gasteiger partial charge >= 0.3 is 5.03 Å². The second-order valence-corrected chi connectivity index (χ2v) is 7.68. The van der Waals surface area contributed by atoms with E-state index in [0.29, 0.717) is 12.3 Å². The number of carbonyl (C=O) groups is 1. The summed E-state index contributed by atoms with van der Waals surface area (Å²) in [5.41, 5.74) is -0.199. The lowest BCUT2D eigenvalue weighted by atomic mass is 10.2. The van der Waals surface area contributed by atoms with Gasteiger partial charge in [-0.05, 0) is 30.3 Å². The van der Waals surface area contributed by atoms with E-state index in [0.717, 1.165) is 18.2 Å². The molecule has 0 spiro atoms. The largest absolute Gasteiger partial charge is 0.618 e. The molecule has 1 amide bonds. The number of hydrogen-bond donors (Lipinski definition) is 1. The molecule has 12 heteroatoms. The molecule has 0 fully saturated rings. The van der Waals surface area contributed by atoms with Crippen LogP contribution in [0.5, 0.6) is 0 Å².